The summed E-state index contributed by atoms with van der Waals surface area (Å²) in [6, 6.07) is 15.2. The van der Waals surface area contributed by atoms with Crippen molar-refractivity contribution in [3.8, 4) is 10.6 Å². The van der Waals surface area contributed by atoms with Crippen LogP contribution < -0.4 is 5.32 Å². The molecule has 1 amide bonds. The number of carbonyl (C=O) groups excluding carboxylic acids is 2. The van der Waals surface area contributed by atoms with E-state index in [1.54, 1.807) is 13.0 Å². The first-order chi connectivity index (χ1) is 12.9. The first-order valence-corrected chi connectivity index (χ1v) is 9.81. The summed E-state index contributed by atoms with van der Waals surface area (Å²) in [7, 11) is 0. The molecule has 0 saturated heterocycles. The van der Waals surface area contributed by atoms with Gasteiger partial charge in [-0.25, -0.2) is 9.78 Å². The van der Waals surface area contributed by atoms with Crippen LogP contribution in [0.25, 0.3) is 10.6 Å². The number of hydrogen-bond acceptors (Lipinski definition) is 5. The van der Waals surface area contributed by atoms with Crippen molar-refractivity contribution >= 4 is 44.8 Å². The quantitative estimate of drug-likeness (QED) is 0.563. The third kappa shape index (κ3) is 4.81. The summed E-state index contributed by atoms with van der Waals surface area (Å²) in [6.45, 7) is 3.35. The topological polar surface area (TPSA) is 68.3 Å². The number of rotatable bonds is 5. The largest absolute Gasteiger partial charge is 0.451 e. The number of aryl methyl sites for hydroxylation is 2. The Labute approximate surface area is 169 Å². The number of hydrogen-bond donors (Lipinski definition) is 1. The molecule has 1 heterocycles. The summed E-state index contributed by atoms with van der Waals surface area (Å²) in [4.78, 5) is 29.2. The van der Waals surface area contributed by atoms with Crippen molar-refractivity contribution in [3.05, 3.63) is 69.1 Å². The Kier molecular flexibility index (Phi) is 6.03. The predicted octanol–water partition coefficient (Wildman–Crippen LogP) is 4.98. The van der Waals surface area contributed by atoms with Gasteiger partial charge in [-0.2, -0.15) is 0 Å². The zero-order chi connectivity index (χ0) is 19.4. The second-order valence-corrected chi connectivity index (χ2v) is 7.76. The second kappa shape index (κ2) is 8.45. The van der Waals surface area contributed by atoms with Gasteiger partial charge in [0.1, 0.15) is 9.88 Å². The molecule has 1 N–H and O–H groups in total. The molecule has 0 atom stereocenters. The van der Waals surface area contributed by atoms with Gasteiger partial charge in [-0.05, 0) is 47.5 Å². The van der Waals surface area contributed by atoms with Gasteiger partial charge in [0.2, 0.25) is 0 Å². The molecule has 0 spiro atoms. The number of benzene rings is 2. The minimum Gasteiger partial charge on any atom is -0.451 e. The van der Waals surface area contributed by atoms with Gasteiger partial charge in [-0.1, -0.05) is 36.4 Å². The maximum Gasteiger partial charge on any atom is 0.350 e. The molecule has 5 nitrogen and oxygen atoms in total. The summed E-state index contributed by atoms with van der Waals surface area (Å²) in [5, 5.41) is 3.46. The normalized spacial score (nSPS) is 10.5. The summed E-state index contributed by atoms with van der Waals surface area (Å²) < 4.78 is 5.93. The number of aromatic nitrogens is 1. The smallest absolute Gasteiger partial charge is 0.350 e. The minimum atomic E-state index is -0.551. The summed E-state index contributed by atoms with van der Waals surface area (Å²) in [5.41, 5.74) is 3.22. The van der Waals surface area contributed by atoms with E-state index >= 15 is 0 Å². The molecule has 0 saturated carbocycles. The van der Waals surface area contributed by atoms with Crippen molar-refractivity contribution in [3.63, 3.8) is 0 Å². The molecule has 0 aliphatic carbocycles. The fourth-order valence-electron chi connectivity index (χ4n) is 2.39. The van der Waals surface area contributed by atoms with E-state index < -0.39 is 11.9 Å². The SMILES string of the molecule is Cc1ccc(NC(=O)COC(=O)c2sc(-c3ccccc3)nc2C)c(Br)c1. The lowest BCUT2D eigenvalue weighted by Gasteiger charge is -2.08. The number of anilines is 1. The van der Waals surface area contributed by atoms with Crippen LogP contribution in [0, 0.1) is 13.8 Å². The summed E-state index contributed by atoms with van der Waals surface area (Å²) in [5.74, 6) is -0.955. The van der Waals surface area contributed by atoms with Gasteiger partial charge in [0.15, 0.2) is 6.61 Å². The molecular weight excluding hydrogens is 428 g/mol. The maximum atomic E-state index is 12.3. The van der Waals surface area contributed by atoms with Gasteiger partial charge in [0.05, 0.1) is 11.4 Å². The van der Waals surface area contributed by atoms with Crippen LogP contribution in [0.3, 0.4) is 0 Å². The first kappa shape index (κ1) is 19.3. The molecule has 0 bridgehead atoms. The molecule has 7 heteroatoms. The van der Waals surface area contributed by atoms with Crippen LogP contribution in [0.4, 0.5) is 5.69 Å². The third-order valence-corrected chi connectivity index (χ3v) is 5.58. The maximum absolute atomic E-state index is 12.3. The van der Waals surface area contributed by atoms with Gasteiger partial charge in [-0.3, -0.25) is 4.79 Å². The molecule has 1 aromatic heterocycles. The van der Waals surface area contributed by atoms with Crippen LogP contribution in [0.1, 0.15) is 20.9 Å². The lowest BCUT2D eigenvalue weighted by Crippen LogP contribution is -2.21. The Hall–Kier alpha value is -2.51. The number of amides is 1. The number of halogens is 1. The molecule has 0 aliphatic rings. The van der Waals surface area contributed by atoms with Crippen molar-refractivity contribution < 1.29 is 14.3 Å². The van der Waals surface area contributed by atoms with E-state index in [0.717, 1.165) is 20.6 Å². The van der Waals surface area contributed by atoms with Crippen LogP contribution in [-0.4, -0.2) is 23.5 Å². The number of ether oxygens (including phenoxy) is 1. The Morgan fingerprint density at radius 2 is 1.89 bits per heavy atom. The summed E-state index contributed by atoms with van der Waals surface area (Å²) >= 11 is 4.65. The van der Waals surface area contributed by atoms with Gasteiger partial charge in [-0.15, -0.1) is 11.3 Å². The molecule has 3 rings (SSSR count). The minimum absolute atomic E-state index is 0.364. The number of nitrogens with zero attached hydrogens (tertiary/aromatic N) is 1. The average Bonchev–Trinajstić information content (AvgIpc) is 3.05. The highest BCUT2D eigenvalue weighted by atomic mass is 79.9. The number of thiazole rings is 1. The lowest BCUT2D eigenvalue weighted by molar-refractivity contribution is -0.119. The van der Waals surface area contributed by atoms with Crippen LogP contribution in [0.2, 0.25) is 0 Å². The number of esters is 1. The van der Waals surface area contributed by atoms with Gasteiger partial charge in [0, 0.05) is 10.0 Å². The standard InChI is InChI=1S/C20H17BrN2O3S/c1-12-8-9-16(15(21)10-12)23-17(24)11-26-20(25)18-13(2)22-19(27-18)14-6-4-3-5-7-14/h3-10H,11H2,1-2H3,(H,23,24). The molecule has 2 aromatic carbocycles. The number of nitrogens with one attached hydrogen (secondary N) is 1. The van der Waals surface area contributed by atoms with Crippen LogP contribution in [-0.2, 0) is 9.53 Å². The Morgan fingerprint density at radius 3 is 2.59 bits per heavy atom. The van der Waals surface area contributed by atoms with E-state index in [9.17, 15) is 9.59 Å². The molecule has 3 aromatic rings. The first-order valence-electron chi connectivity index (χ1n) is 8.20. The Balaban J connectivity index is 1.62. The van der Waals surface area contributed by atoms with Crippen LogP contribution in [0.5, 0.6) is 0 Å². The van der Waals surface area contributed by atoms with Crippen molar-refractivity contribution in [1.29, 1.82) is 0 Å². The van der Waals surface area contributed by atoms with Crippen molar-refractivity contribution in [2.75, 3.05) is 11.9 Å². The van der Waals surface area contributed by atoms with E-state index in [0.29, 0.717) is 16.3 Å². The Bertz CT molecular complexity index is 986. The fraction of sp³-hybridized carbons (Fsp3) is 0.150. The molecule has 0 aliphatic heterocycles. The van der Waals surface area contributed by atoms with Crippen molar-refractivity contribution in [2.45, 2.75) is 13.8 Å². The van der Waals surface area contributed by atoms with Gasteiger partial charge < -0.3 is 10.1 Å². The zero-order valence-corrected chi connectivity index (χ0v) is 17.2. The van der Waals surface area contributed by atoms with E-state index in [1.807, 2.05) is 49.4 Å². The molecule has 0 unspecified atom stereocenters. The van der Waals surface area contributed by atoms with E-state index in [2.05, 4.69) is 26.2 Å². The van der Waals surface area contributed by atoms with Crippen LogP contribution in [0.15, 0.2) is 53.0 Å². The molecule has 0 radical (unpaired) electrons. The molecule has 138 valence electrons. The van der Waals surface area contributed by atoms with E-state index in [1.165, 1.54) is 11.3 Å². The number of carbonyl (C=O) groups is 2. The van der Waals surface area contributed by atoms with Crippen molar-refractivity contribution in [2.24, 2.45) is 0 Å². The highest BCUT2D eigenvalue weighted by Crippen LogP contribution is 2.28. The molecule has 27 heavy (non-hydrogen) atoms. The van der Waals surface area contributed by atoms with Crippen molar-refractivity contribution in [1.82, 2.24) is 4.98 Å². The monoisotopic (exact) mass is 444 g/mol. The predicted molar refractivity (Wildman–Crippen MR) is 110 cm³/mol. The summed E-state index contributed by atoms with van der Waals surface area (Å²) in [6.07, 6.45) is 0. The van der Waals surface area contributed by atoms with Crippen LogP contribution >= 0.6 is 27.3 Å². The van der Waals surface area contributed by atoms with E-state index in [-0.39, 0.29) is 6.61 Å². The Morgan fingerprint density at radius 1 is 1.15 bits per heavy atom. The highest BCUT2D eigenvalue weighted by molar-refractivity contribution is 9.10. The lowest BCUT2D eigenvalue weighted by atomic mass is 10.2. The second-order valence-electron chi connectivity index (χ2n) is 5.91. The fourth-order valence-corrected chi connectivity index (χ4v) is 3.95. The third-order valence-electron chi connectivity index (χ3n) is 3.74. The van der Waals surface area contributed by atoms with Gasteiger partial charge in [0.25, 0.3) is 5.91 Å². The zero-order valence-electron chi connectivity index (χ0n) is 14.8. The van der Waals surface area contributed by atoms with Gasteiger partial charge >= 0.3 is 5.97 Å². The average molecular weight is 445 g/mol. The highest BCUT2D eigenvalue weighted by Gasteiger charge is 2.19. The molecular formula is C20H17BrN2O3S. The van der Waals surface area contributed by atoms with E-state index in [4.69, 9.17) is 4.74 Å². The molecule has 0 fully saturated rings.